The first-order valence-corrected chi connectivity index (χ1v) is 5.31. The van der Waals surface area contributed by atoms with Crippen molar-refractivity contribution in [2.45, 2.75) is 6.92 Å². The van der Waals surface area contributed by atoms with Crippen LogP contribution in [0.1, 0.15) is 21.5 Å². The lowest BCUT2D eigenvalue weighted by molar-refractivity contribution is 0.103. The second kappa shape index (κ2) is 4.78. The molecule has 3 heteroatoms. The quantitative estimate of drug-likeness (QED) is 0.757. The summed E-state index contributed by atoms with van der Waals surface area (Å²) in [5, 5.41) is 0. The van der Waals surface area contributed by atoms with E-state index in [0.717, 1.165) is 5.56 Å². The maximum absolute atomic E-state index is 12.2. The van der Waals surface area contributed by atoms with E-state index < -0.39 is 0 Å². The molecule has 86 valence electrons. The molecule has 1 heterocycles. The molecular weight excluding hydrogens is 214 g/mol. The Morgan fingerprint density at radius 3 is 2.71 bits per heavy atom. The van der Waals surface area contributed by atoms with Crippen molar-refractivity contribution >= 4 is 5.78 Å². The molecule has 3 nitrogen and oxygen atoms in total. The lowest BCUT2D eigenvalue weighted by atomic mass is 10.0. The molecule has 0 atom stereocenters. The molecular formula is C14H13NO2. The monoisotopic (exact) mass is 227 g/mol. The van der Waals surface area contributed by atoms with Gasteiger partial charge in [-0.05, 0) is 18.6 Å². The molecule has 0 bridgehead atoms. The van der Waals surface area contributed by atoms with Crippen LogP contribution in [-0.2, 0) is 0 Å². The highest BCUT2D eigenvalue weighted by molar-refractivity contribution is 6.09. The van der Waals surface area contributed by atoms with E-state index in [1.807, 2.05) is 31.2 Å². The second-order valence-corrected chi connectivity index (χ2v) is 3.76. The van der Waals surface area contributed by atoms with Gasteiger partial charge in [0.15, 0.2) is 5.78 Å². The highest BCUT2D eigenvalue weighted by Crippen LogP contribution is 2.16. The summed E-state index contributed by atoms with van der Waals surface area (Å²) in [5.41, 5.74) is 2.20. The van der Waals surface area contributed by atoms with Gasteiger partial charge in [-0.15, -0.1) is 0 Å². The molecule has 0 saturated carbocycles. The van der Waals surface area contributed by atoms with E-state index in [1.165, 1.54) is 0 Å². The highest BCUT2D eigenvalue weighted by atomic mass is 16.5. The van der Waals surface area contributed by atoms with E-state index in [4.69, 9.17) is 4.74 Å². The third-order valence-corrected chi connectivity index (χ3v) is 2.60. The van der Waals surface area contributed by atoms with Crippen LogP contribution in [0.15, 0.2) is 42.7 Å². The minimum Gasteiger partial charge on any atom is -0.495 e. The maximum Gasteiger partial charge on any atom is 0.194 e. The van der Waals surface area contributed by atoms with E-state index >= 15 is 0 Å². The van der Waals surface area contributed by atoms with E-state index in [0.29, 0.717) is 16.9 Å². The number of aromatic nitrogens is 1. The molecule has 0 spiro atoms. The topological polar surface area (TPSA) is 39.2 Å². The molecule has 0 amide bonds. The zero-order valence-corrected chi connectivity index (χ0v) is 9.81. The van der Waals surface area contributed by atoms with Gasteiger partial charge in [0.2, 0.25) is 0 Å². The van der Waals surface area contributed by atoms with Crippen LogP contribution in [0.4, 0.5) is 0 Å². The number of ketones is 1. The molecule has 0 saturated heterocycles. The normalized spacial score (nSPS) is 10.0. The average molecular weight is 227 g/mol. The summed E-state index contributed by atoms with van der Waals surface area (Å²) in [5.74, 6) is 0.555. The largest absolute Gasteiger partial charge is 0.495 e. The first-order chi connectivity index (χ1) is 8.22. The number of carbonyl (C=O) groups is 1. The van der Waals surface area contributed by atoms with Gasteiger partial charge in [0, 0.05) is 17.3 Å². The number of hydrogen-bond donors (Lipinski definition) is 0. The molecule has 2 aromatic rings. The van der Waals surface area contributed by atoms with Crippen LogP contribution in [0.5, 0.6) is 5.75 Å². The first-order valence-electron chi connectivity index (χ1n) is 5.31. The highest BCUT2D eigenvalue weighted by Gasteiger charge is 2.12. The fraction of sp³-hybridized carbons (Fsp3) is 0.143. The summed E-state index contributed by atoms with van der Waals surface area (Å²) in [6.45, 7) is 1.92. The number of hydrogen-bond acceptors (Lipinski definition) is 3. The second-order valence-electron chi connectivity index (χ2n) is 3.76. The van der Waals surface area contributed by atoms with E-state index in [9.17, 15) is 4.79 Å². The molecule has 0 aliphatic heterocycles. The molecule has 0 unspecified atom stereocenters. The van der Waals surface area contributed by atoms with Crippen molar-refractivity contribution in [2.24, 2.45) is 0 Å². The Labute approximate surface area is 100 Å². The molecule has 1 aromatic carbocycles. The standard InChI is InChI=1S/C14H13NO2/c1-10-5-3-4-6-13(10)14(16)11-7-12(17-2)9-15-8-11/h3-9H,1-2H3. The molecule has 0 aliphatic rings. The van der Waals surface area contributed by atoms with Gasteiger partial charge in [-0.2, -0.15) is 0 Å². The molecule has 0 aliphatic carbocycles. The van der Waals surface area contributed by atoms with Crippen LogP contribution in [0.2, 0.25) is 0 Å². The van der Waals surface area contributed by atoms with Gasteiger partial charge in [0.1, 0.15) is 5.75 Å². The smallest absolute Gasteiger partial charge is 0.194 e. The first kappa shape index (κ1) is 11.3. The summed E-state index contributed by atoms with van der Waals surface area (Å²) < 4.78 is 5.06. The van der Waals surface area contributed by atoms with Gasteiger partial charge in [0.05, 0.1) is 13.3 Å². The van der Waals surface area contributed by atoms with Crippen LogP contribution >= 0.6 is 0 Å². The van der Waals surface area contributed by atoms with E-state index in [-0.39, 0.29) is 5.78 Å². The summed E-state index contributed by atoms with van der Waals surface area (Å²) in [4.78, 5) is 16.2. The van der Waals surface area contributed by atoms with Gasteiger partial charge in [0.25, 0.3) is 0 Å². The Hall–Kier alpha value is -2.16. The number of ether oxygens (including phenoxy) is 1. The number of rotatable bonds is 3. The predicted molar refractivity (Wildman–Crippen MR) is 65.4 cm³/mol. The number of methoxy groups -OCH3 is 1. The zero-order chi connectivity index (χ0) is 12.3. The Balaban J connectivity index is 2.40. The van der Waals surface area contributed by atoms with Crippen LogP contribution in [0.3, 0.4) is 0 Å². The van der Waals surface area contributed by atoms with Crippen molar-refractivity contribution < 1.29 is 9.53 Å². The van der Waals surface area contributed by atoms with Gasteiger partial charge in [-0.1, -0.05) is 24.3 Å². The molecule has 17 heavy (non-hydrogen) atoms. The summed E-state index contributed by atoms with van der Waals surface area (Å²) in [6, 6.07) is 9.20. The average Bonchev–Trinajstić information content (AvgIpc) is 2.38. The Kier molecular flexibility index (Phi) is 3.19. The summed E-state index contributed by atoms with van der Waals surface area (Å²) >= 11 is 0. The molecule has 1 aromatic heterocycles. The number of nitrogens with zero attached hydrogens (tertiary/aromatic N) is 1. The van der Waals surface area contributed by atoms with Crippen molar-refractivity contribution in [3.8, 4) is 5.75 Å². The fourth-order valence-electron chi connectivity index (χ4n) is 1.64. The number of aryl methyl sites for hydroxylation is 1. The fourth-order valence-corrected chi connectivity index (χ4v) is 1.64. The third kappa shape index (κ3) is 2.33. The zero-order valence-electron chi connectivity index (χ0n) is 9.81. The van der Waals surface area contributed by atoms with E-state index in [2.05, 4.69) is 4.98 Å². The Morgan fingerprint density at radius 2 is 2.00 bits per heavy atom. The van der Waals surface area contributed by atoms with Crippen LogP contribution in [0.25, 0.3) is 0 Å². The molecule has 2 rings (SSSR count). The maximum atomic E-state index is 12.2. The van der Waals surface area contributed by atoms with Crippen LogP contribution in [-0.4, -0.2) is 17.9 Å². The van der Waals surface area contributed by atoms with Crippen molar-refractivity contribution in [3.05, 3.63) is 59.4 Å². The number of benzene rings is 1. The Morgan fingerprint density at radius 1 is 1.24 bits per heavy atom. The SMILES string of the molecule is COc1cncc(C(=O)c2ccccc2C)c1. The lowest BCUT2D eigenvalue weighted by Crippen LogP contribution is -2.04. The van der Waals surface area contributed by atoms with Gasteiger partial charge >= 0.3 is 0 Å². The lowest BCUT2D eigenvalue weighted by Gasteiger charge is -2.05. The van der Waals surface area contributed by atoms with Gasteiger partial charge in [-0.25, -0.2) is 0 Å². The van der Waals surface area contributed by atoms with Crippen LogP contribution < -0.4 is 4.74 Å². The summed E-state index contributed by atoms with van der Waals surface area (Å²) in [7, 11) is 1.55. The molecule has 0 radical (unpaired) electrons. The molecule has 0 fully saturated rings. The van der Waals surface area contributed by atoms with Crippen molar-refractivity contribution in [1.29, 1.82) is 0 Å². The molecule has 0 N–H and O–H groups in total. The van der Waals surface area contributed by atoms with Crippen molar-refractivity contribution in [3.63, 3.8) is 0 Å². The van der Waals surface area contributed by atoms with Gasteiger partial charge in [-0.3, -0.25) is 9.78 Å². The van der Waals surface area contributed by atoms with Crippen molar-refractivity contribution in [2.75, 3.05) is 7.11 Å². The minimum absolute atomic E-state index is 0.0329. The Bertz CT molecular complexity index is 549. The minimum atomic E-state index is -0.0329. The summed E-state index contributed by atoms with van der Waals surface area (Å²) in [6.07, 6.45) is 3.13. The number of carbonyl (C=O) groups excluding carboxylic acids is 1. The van der Waals surface area contributed by atoms with Crippen molar-refractivity contribution in [1.82, 2.24) is 4.98 Å². The van der Waals surface area contributed by atoms with E-state index in [1.54, 1.807) is 25.6 Å². The van der Waals surface area contributed by atoms with Crippen LogP contribution in [0, 0.1) is 6.92 Å². The number of pyridine rings is 1. The van der Waals surface area contributed by atoms with Gasteiger partial charge < -0.3 is 4.74 Å². The third-order valence-electron chi connectivity index (χ3n) is 2.60. The predicted octanol–water partition coefficient (Wildman–Crippen LogP) is 2.63.